The van der Waals surface area contributed by atoms with Gasteiger partial charge in [0.05, 0.1) is 32.0 Å². The third-order valence-corrected chi connectivity index (χ3v) is 8.90. The van der Waals surface area contributed by atoms with Crippen LogP contribution in [0.5, 0.6) is 0 Å². The van der Waals surface area contributed by atoms with Gasteiger partial charge < -0.3 is 9.47 Å². The van der Waals surface area contributed by atoms with Crippen LogP contribution in [0.15, 0.2) is 42.1 Å². The molecule has 2 aromatic rings. The van der Waals surface area contributed by atoms with Crippen molar-refractivity contribution in [1.82, 2.24) is 9.78 Å². The number of benzene rings is 1. The van der Waals surface area contributed by atoms with Crippen molar-refractivity contribution in [1.29, 1.82) is 0 Å². The number of esters is 2. The van der Waals surface area contributed by atoms with Crippen molar-refractivity contribution in [2.24, 2.45) is 28.6 Å². The first kappa shape index (κ1) is 25.5. The van der Waals surface area contributed by atoms with Gasteiger partial charge in [-0.15, -0.1) is 0 Å². The summed E-state index contributed by atoms with van der Waals surface area (Å²) < 4.78 is 68.5. The summed E-state index contributed by atoms with van der Waals surface area (Å²) in [6.45, 7) is 2.03. The Balaban J connectivity index is 1.58. The lowest BCUT2D eigenvalue weighted by molar-refractivity contribution is -0.256. The summed E-state index contributed by atoms with van der Waals surface area (Å²) in [6, 6.07) is 6.05. The molecule has 3 aliphatic rings. The molecular formula is C27H28F4N2O4. The molecule has 0 bridgehead atoms. The molecule has 0 radical (unpaired) electrons. The maximum absolute atomic E-state index is 14.6. The molecule has 0 N–H and O–H groups in total. The van der Waals surface area contributed by atoms with Gasteiger partial charge in [0.1, 0.15) is 5.82 Å². The molecule has 0 saturated heterocycles. The second-order valence-electron chi connectivity index (χ2n) is 10.5. The van der Waals surface area contributed by atoms with Gasteiger partial charge in [0.15, 0.2) is 5.41 Å². The summed E-state index contributed by atoms with van der Waals surface area (Å²) >= 11 is 0. The van der Waals surface area contributed by atoms with E-state index in [0.717, 1.165) is 36.7 Å². The predicted molar refractivity (Wildman–Crippen MR) is 124 cm³/mol. The highest BCUT2D eigenvalue weighted by atomic mass is 19.4. The smallest absolute Gasteiger partial charge is 0.406 e. The highest BCUT2D eigenvalue weighted by Crippen LogP contribution is 2.63. The van der Waals surface area contributed by atoms with Crippen molar-refractivity contribution in [2.75, 3.05) is 14.2 Å². The van der Waals surface area contributed by atoms with Crippen molar-refractivity contribution >= 4 is 11.9 Å². The van der Waals surface area contributed by atoms with Crippen LogP contribution in [0, 0.1) is 34.4 Å². The Hall–Kier alpha value is -3.17. The average molecular weight is 521 g/mol. The minimum atomic E-state index is -5.01. The number of fused-ring (bicyclic) bond motifs is 4. The van der Waals surface area contributed by atoms with E-state index in [0.29, 0.717) is 25.7 Å². The number of rotatable bonds is 3. The van der Waals surface area contributed by atoms with Crippen molar-refractivity contribution in [3.8, 4) is 5.69 Å². The Morgan fingerprint density at radius 3 is 2.43 bits per heavy atom. The van der Waals surface area contributed by atoms with E-state index in [1.165, 1.54) is 18.2 Å². The number of alkyl halides is 3. The fraction of sp³-hybridized carbons (Fsp3) is 0.519. The zero-order valence-corrected chi connectivity index (χ0v) is 20.8. The van der Waals surface area contributed by atoms with Gasteiger partial charge in [0.2, 0.25) is 0 Å². The number of aromatic nitrogens is 2. The van der Waals surface area contributed by atoms with Gasteiger partial charge in [-0.2, -0.15) is 18.3 Å². The molecule has 5 atom stereocenters. The fourth-order valence-electron chi connectivity index (χ4n) is 7.06. The van der Waals surface area contributed by atoms with Crippen LogP contribution >= 0.6 is 0 Å². The Kier molecular flexibility index (Phi) is 5.99. The van der Waals surface area contributed by atoms with Gasteiger partial charge in [0, 0.05) is 5.69 Å². The number of methoxy groups -OCH3 is 2. The topological polar surface area (TPSA) is 70.4 Å². The number of halogens is 4. The summed E-state index contributed by atoms with van der Waals surface area (Å²) in [5.74, 6) is -5.32. The van der Waals surface area contributed by atoms with E-state index < -0.39 is 47.2 Å². The largest absolute Gasteiger partial charge is 0.469 e. The standard InChI is InChI=1S/C27H28F4N2O4/c1-25-13-15-14-32-33(18-7-5-17(28)6-8-18)21(15)12-16(25)4-9-19-20(25)10-11-26(24(35)37-3,27(29,30)31)22(19)23(34)36-2/h5-8,10,14,16,19,22H,4,9,11-13H2,1-3H3/t16-,19-,22-,25+,26+/m1/s1. The molecule has 0 aliphatic heterocycles. The maximum atomic E-state index is 14.6. The van der Waals surface area contributed by atoms with Crippen LogP contribution in [0.3, 0.4) is 0 Å². The van der Waals surface area contributed by atoms with E-state index in [1.54, 1.807) is 23.0 Å². The first-order chi connectivity index (χ1) is 17.5. The van der Waals surface area contributed by atoms with E-state index >= 15 is 0 Å². The lowest BCUT2D eigenvalue weighted by atomic mass is 9.48. The molecule has 1 fully saturated rings. The fourth-order valence-corrected chi connectivity index (χ4v) is 7.06. The summed E-state index contributed by atoms with van der Waals surface area (Å²) in [5, 5.41) is 4.53. The summed E-state index contributed by atoms with van der Waals surface area (Å²) in [6.07, 6.45) is -0.377. The Morgan fingerprint density at radius 1 is 1.11 bits per heavy atom. The van der Waals surface area contributed by atoms with Gasteiger partial charge in [-0.3, -0.25) is 9.59 Å². The van der Waals surface area contributed by atoms with E-state index in [-0.39, 0.29) is 11.7 Å². The number of carbonyl (C=O) groups excluding carboxylic acids is 2. The highest BCUT2D eigenvalue weighted by molar-refractivity contribution is 5.87. The van der Waals surface area contributed by atoms with Crippen LogP contribution in [0.25, 0.3) is 5.69 Å². The number of hydrogen-bond donors (Lipinski definition) is 0. The zero-order valence-electron chi connectivity index (χ0n) is 20.8. The Labute approximate surface area is 211 Å². The molecule has 0 amide bonds. The molecule has 0 spiro atoms. The van der Waals surface area contributed by atoms with Gasteiger partial charge >= 0.3 is 18.1 Å². The number of carbonyl (C=O) groups is 2. The van der Waals surface area contributed by atoms with Gasteiger partial charge in [0.25, 0.3) is 0 Å². The third kappa shape index (κ3) is 3.62. The summed E-state index contributed by atoms with van der Waals surface area (Å²) in [7, 11) is 1.95. The minimum Gasteiger partial charge on any atom is -0.469 e. The highest BCUT2D eigenvalue weighted by Gasteiger charge is 2.71. The number of ether oxygens (including phenoxy) is 2. The van der Waals surface area contributed by atoms with Crippen molar-refractivity contribution < 1.29 is 36.6 Å². The SMILES string of the molecule is COC(=O)[C@H]1[C@@H]2CC[C@@H]3Cc4c(cnn4-c4ccc(F)cc4)C[C@]3(C)C2=CC[C@]1(C(=O)OC)C(F)(F)F. The van der Waals surface area contributed by atoms with Crippen LogP contribution in [-0.4, -0.2) is 42.1 Å². The van der Waals surface area contributed by atoms with Gasteiger partial charge in [-0.05, 0) is 79.2 Å². The van der Waals surface area contributed by atoms with Crippen LogP contribution in [0.2, 0.25) is 0 Å². The molecule has 3 aliphatic carbocycles. The normalized spacial score (nSPS) is 30.9. The molecule has 37 heavy (non-hydrogen) atoms. The van der Waals surface area contributed by atoms with E-state index in [2.05, 4.69) is 9.84 Å². The number of nitrogens with zero attached hydrogens (tertiary/aromatic N) is 2. The van der Waals surface area contributed by atoms with Crippen molar-refractivity contribution in [2.45, 2.75) is 45.2 Å². The van der Waals surface area contributed by atoms with E-state index in [9.17, 15) is 27.2 Å². The Morgan fingerprint density at radius 2 is 1.81 bits per heavy atom. The molecule has 0 unspecified atom stereocenters. The molecule has 1 aromatic carbocycles. The monoisotopic (exact) mass is 520 g/mol. The minimum absolute atomic E-state index is 0.0909. The van der Waals surface area contributed by atoms with Gasteiger partial charge in [-0.1, -0.05) is 18.6 Å². The third-order valence-electron chi connectivity index (χ3n) is 8.90. The molecule has 1 heterocycles. The Bertz CT molecular complexity index is 1270. The molecule has 6 nitrogen and oxygen atoms in total. The predicted octanol–water partition coefficient (Wildman–Crippen LogP) is 4.98. The first-order valence-electron chi connectivity index (χ1n) is 12.2. The maximum Gasteiger partial charge on any atom is 0.406 e. The number of hydrogen-bond acceptors (Lipinski definition) is 5. The van der Waals surface area contributed by atoms with E-state index in [1.807, 2.05) is 6.92 Å². The second kappa shape index (κ2) is 8.70. The lowest BCUT2D eigenvalue weighted by Gasteiger charge is -2.55. The molecular weight excluding hydrogens is 492 g/mol. The lowest BCUT2D eigenvalue weighted by Crippen LogP contribution is -2.60. The zero-order chi connectivity index (χ0) is 26.8. The molecule has 198 valence electrons. The van der Waals surface area contributed by atoms with Crippen LogP contribution < -0.4 is 0 Å². The number of allylic oxidation sites excluding steroid dienone is 2. The molecule has 1 aromatic heterocycles. The summed E-state index contributed by atoms with van der Waals surface area (Å²) in [5.41, 5.74) is -0.0714. The quantitative estimate of drug-likeness (QED) is 0.324. The summed E-state index contributed by atoms with van der Waals surface area (Å²) in [4.78, 5) is 25.7. The van der Waals surface area contributed by atoms with Crippen molar-refractivity contribution in [3.63, 3.8) is 0 Å². The van der Waals surface area contributed by atoms with Crippen LogP contribution in [0.4, 0.5) is 17.6 Å². The van der Waals surface area contributed by atoms with Crippen molar-refractivity contribution in [3.05, 3.63) is 59.2 Å². The van der Waals surface area contributed by atoms with Gasteiger partial charge in [-0.25, -0.2) is 9.07 Å². The van der Waals surface area contributed by atoms with Crippen LogP contribution in [0.1, 0.15) is 37.4 Å². The van der Waals surface area contributed by atoms with E-state index in [4.69, 9.17) is 4.74 Å². The average Bonchev–Trinajstić information content (AvgIpc) is 3.27. The first-order valence-corrected chi connectivity index (χ1v) is 12.2. The van der Waals surface area contributed by atoms with Crippen LogP contribution in [-0.2, 0) is 31.9 Å². The molecule has 5 rings (SSSR count). The molecule has 1 saturated carbocycles. The molecule has 10 heteroatoms. The second-order valence-corrected chi connectivity index (χ2v) is 10.5.